The van der Waals surface area contributed by atoms with E-state index >= 15 is 13.6 Å². The minimum atomic E-state index is -5.38. The predicted molar refractivity (Wildman–Crippen MR) is 293 cm³/mol. The molecule has 1 saturated carbocycles. The van der Waals surface area contributed by atoms with Crippen LogP contribution in [0.3, 0.4) is 0 Å². The van der Waals surface area contributed by atoms with Crippen molar-refractivity contribution < 1.29 is 55.7 Å². The lowest BCUT2D eigenvalue weighted by Crippen LogP contribution is -2.61. The lowest BCUT2D eigenvalue weighted by atomic mass is 9.96. The maximum Gasteiger partial charge on any atom is 0.404 e. The number of thioether (sulfide) groups is 2. The topological polar surface area (TPSA) is 219 Å². The number of aromatic amines is 1. The maximum absolute atomic E-state index is 16.9. The van der Waals surface area contributed by atoms with Gasteiger partial charge in [-0.25, -0.2) is 0 Å². The van der Waals surface area contributed by atoms with Gasteiger partial charge < -0.3 is 38.6 Å². The van der Waals surface area contributed by atoms with Gasteiger partial charge in [0.25, 0.3) is 11.8 Å². The third-order valence-electron chi connectivity index (χ3n) is 15.0. The molecule has 5 heterocycles. The first-order valence-electron chi connectivity index (χ1n) is 26.2. The Kier molecular flexibility index (Phi) is 16.1. The molecular weight excluding hydrogens is 1070 g/mol. The number of aromatic nitrogens is 2. The quantitative estimate of drug-likeness (QED) is 0.0737. The third kappa shape index (κ3) is 11.8. The number of hydrogen-bond acceptors (Lipinski definition) is 14. The zero-order valence-corrected chi connectivity index (χ0v) is 47.3. The van der Waals surface area contributed by atoms with Crippen LogP contribution in [-0.2, 0) is 38.5 Å². The maximum atomic E-state index is 16.9. The van der Waals surface area contributed by atoms with E-state index in [1.54, 1.807) is 70.8 Å². The molecule has 17 nitrogen and oxygen atoms in total. The molecule has 3 aliphatic heterocycles. The van der Waals surface area contributed by atoms with E-state index in [1.807, 2.05) is 24.0 Å². The third-order valence-corrected chi connectivity index (χ3v) is 19.5. The lowest BCUT2D eigenvalue weighted by molar-refractivity contribution is -0.148. The summed E-state index contributed by atoms with van der Waals surface area (Å²) >= 11 is 1.71. The van der Waals surface area contributed by atoms with Gasteiger partial charge in [-0.15, -0.1) is 0 Å². The Morgan fingerprint density at radius 1 is 0.846 bits per heavy atom. The first-order chi connectivity index (χ1) is 36.8. The van der Waals surface area contributed by atoms with E-state index in [9.17, 15) is 33.3 Å². The van der Waals surface area contributed by atoms with Crippen LogP contribution < -0.4 is 10.9 Å². The van der Waals surface area contributed by atoms with Crippen molar-refractivity contribution in [2.75, 3.05) is 44.4 Å². The molecule has 78 heavy (non-hydrogen) atoms. The molecule has 4 amide bonds. The van der Waals surface area contributed by atoms with Gasteiger partial charge in [-0.3, -0.25) is 38.1 Å². The molecule has 2 N–H and O–H groups in total. The summed E-state index contributed by atoms with van der Waals surface area (Å²) < 4.78 is 64.4. The SMILES string of the molecule is Cc1ccc2onc(C(=O)N3CC[C@H]4CC[C@@H](C(=O)N5C[C@@H](c6cc[nH]c(=O)c6)CC56CC6)N4C(=O)[C@@H](NC(=O)c4ccc5ccc(C(F)(F)P(=O)(OCCSC(=O)C(C)(C)C)OCCSC(=O)C(C)(C)C)cc5c4)C3)c2c1. The lowest BCUT2D eigenvalue weighted by Gasteiger charge is -2.40. The fraction of sp³-hybridized carbons (Fsp3) is 0.500. The number of carbonyl (C=O) groups excluding carboxylic acids is 6. The Morgan fingerprint density at radius 2 is 1.53 bits per heavy atom. The van der Waals surface area contributed by atoms with Gasteiger partial charge in [0.05, 0.1) is 25.1 Å². The summed E-state index contributed by atoms with van der Waals surface area (Å²) in [5.41, 5.74) is -4.99. The Hall–Kier alpha value is -5.73. The average molecular weight is 1130 g/mol. The molecule has 1 aliphatic carbocycles. The first-order valence-corrected chi connectivity index (χ1v) is 29.7. The largest absolute Gasteiger partial charge is 0.404 e. The predicted octanol–water partition coefficient (Wildman–Crippen LogP) is 9.42. The van der Waals surface area contributed by atoms with E-state index in [0.717, 1.165) is 59.6 Å². The Balaban J connectivity index is 0.988. The molecule has 3 saturated heterocycles. The molecule has 0 unspecified atom stereocenters. The Morgan fingerprint density at radius 3 is 2.18 bits per heavy atom. The fourth-order valence-electron chi connectivity index (χ4n) is 10.6. The Bertz CT molecular complexity index is 3260. The minimum Gasteiger partial charge on any atom is -0.355 e. The second kappa shape index (κ2) is 22.1. The fourth-order valence-corrected chi connectivity index (χ4v) is 13.9. The molecule has 2 aromatic heterocycles. The smallest absolute Gasteiger partial charge is 0.355 e. The van der Waals surface area contributed by atoms with E-state index in [1.165, 1.54) is 29.2 Å². The van der Waals surface area contributed by atoms with Crippen LogP contribution >= 0.6 is 31.1 Å². The van der Waals surface area contributed by atoms with Gasteiger partial charge in [0.2, 0.25) is 17.4 Å². The zero-order valence-electron chi connectivity index (χ0n) is 44.7. The van der Waals surface area contributed by atoms with E-state index in [-0.39, 0.29) is 74.4 Å². The summed E-state index contributed by atoms with van der Waals surface area (Å²) in [6.07, 6.45) is 5.02. The van der Waals surface area contributed by atoms with Crippen molar-refractivity contribution in [2.24, 2.45) is 10.8 Å². The number of nitrogens with one attached hydrogen (secondary N) is 2. The summed E-state index contributed by atoms with van der Waals surface area (Å²) in [6.45, 7) is 11.3. The van der Waals surface area contributed by atoms with Gasteiger partial charge in [-0.1, -0.05) is 100 Å². The number of pyridine rings is 1. The highest BCUT2D eigenvalue weighted by Gasteiger charge is 2.59. The molecule has 22 heteroatoms. The number of carbonyl (C=O) groups is 6. The highest BCUT2D eigenvalue weighted by atomic mass is 32.2. The van der Waals surface area contributed by atoms with Crippen LogP contribution in [0.5, 0.6) is 0 Å². The molecule has 9 rings (SSSR count). The second-order valence-corrected chi connectivity index (χ2v) is 27.1. The first kappa shape index (κ1) is 57.0. The minimum absolute atomic E-state index is 0.0328. The van der Waals surface area contributed by atoms with E-state index in [4.69, 9.17) is 13.6 Å². The highest BCUT2D eigenvalue weighted by molar-refractivity contribution is 8.14. The standard InChI is InChI=1S/C56H65F2N6O11PS2/c1-33-8-15-44-41(26-33)46(61-75-44)50(69)62-21-17-40-13-14-43(49(68)63-31-38(30-55(63)18-19-55)35-16-20-59-45(65)29-35)64(40)48(67)42(32-62)60-47(66)36-10-9-34-11-12-39(28-37(34)27-36)56(57,58)76(72,73-22-24-77-51(70)53(2,3)4)74-23-25-78-52(71)54(5,6)7/h8-12,15-16,20,26-29,38,40,42-43H,13-14,17-19,21-25,30-32H2,1-7H3,(H,59,65)(H,60,66)/t38-,40+,42-,43-/m0/s1. The molecule has 4 aliphatic rings. The molecular formula is C56H65F2N6O11PS2. The van der Waals surface area contributed by atoms with Gasteiger partial charge in [-0.2, -0.15) is 8.78 Å². The number of alkyl halides is 2. The monoisotopic (exact) mass is 1130 g/mol. The Labute approximate surface area is 459 Å². The van der Waals surface area contributed by atoms with Crippen LogP contribution in [0.15, 0.2) is 82.2 Å². The van der Waals surface area contributed by atoms with Crippen molar-refractivity contribution in [3.63, 3.8) is 0 Å². The van der Waals surface area contributed by atoms with E-state index in [0.29, 0.717) is 48.6 Å². The highest BCUT2D eigenvalue weighted by Crippen LogP contribution is 2.67. The summed E-state index contributed by atoms with van der Waals surface area (Å²) in [6, 6.07) is 13.9. The molecule has 5 aromatic rings. The molecule has 4 atom stereocenters. The van der Waals surface area contributed by atoms with Gasteiger partial charge >= 0.3 is 13.3 Å². The van der Waals surface area contributed by atoms with Gasteiger partial charge in [0, 0.05) is 76.3 Å². The number of likely N-dealkylation sites (tertiary alicyclic amines) is 1. The van der Waals surface area contributed by atoms with Crippen LogP contribution in [0, 0.1) is 17.8 Å². The molecule has 3 aromatic carbocycles. The number of aryl methyl sites for hydroxylation is 1. The molecule has 416 valence electrons. The van der Waals surface area contributed by atoms with Gasteiger partial charge in [-0.05, 0) is 98.2 Å². The number of nitrogens with zero attached hydrogens (tertiary/aromatic N) is 4. The summed E-state index contributed by atoms with van der Waals surface area (Å²) in [7, 11) is -5.38. The summed E-state index contributed by atoms with van der Waals surface area (Å²) in [4.78, 5) is 104. The summed E-state index contributed by atoms with van der Waals surface area (Å²) in [5, 5.41) is 7.58. The number of amides is 4. The van der Waals surface area contributed by atoms with Crippen LogP contribution in [0.1, 0.15) is 124 Å². The van der Waals surface area contributed by atoms with Crippen LogP contribution in [0.25, 0.3) is 21.7 Å². The summed E-state index contributed by atoms with van der Waals surface area (Å²) in [5.74, 6) is -2.33. The van der Waals surface area contributed by atoms with Crippen molar-refractivity contribution in [3.05, 3.63) is 111 Å². The molecule has 0 bridgehead atoms. The normalized spacial score (nSPS) is 20.7. The van der Waals surface area contributed by atoms with Crippen molar-refractivity contribution in [2.45, 2.75) is 122 Å². The van der Waals surface area contributed by atoms with Crippen molar-refractivity contribution in [1.82, 2.24) is 30.2 Å². The van der Waals surface area contributed by atoms with Crippen LogP contribution in [0.4, 0.5) is 8.78 Å². The second-order valence-electron chi connectivity index (χ2n) is 22.9. The van der Waals surface area contributed by atoms with Crippen molar-refractivity contribution in [1.29, 1.82) is 0 Å². The van der Waals surface area contributed by atoms with Gasteiger partial charge in [0.1, 0.15) is 12.1 Å². The van der Waals surface area contributed by atoms with Crippen LogP contribution in [-0.4, -0.2) is 127 Å². The number of hydrogen-bond donors (Lipinski definition) is 2. The van der Waals surface area contributed by atoms with E-state index < -0.39 is 78.7 Å². The van der Waals surface area contributed by atoms with Crippen molar-refractivity contribution in [3.8, 4) is 0 Å². The van der Waals surface area contributed by atoms with Crippen LogP contribution in [0.2, 0.25) is 0 Å². The number of fused-ring (bicyclic) bond motifs is 3. The number of benzene rings is 3. The number of H-pyrrole nitrogens is 1. The molecule has 1 spiro atoms. The van der Waals surface area contributed by atoms with E-state index in [2.05, 4.69) is 15.5 Å². The van der Waals surface area contributed by atoms with Crippen molar-refractivity contribution >= 4 is 86.7 Å². The zero-order chi connectivity index (χ0) is 56.1. The molecule has 0 radical (unpaired) electrons. The number of halogens is 2. The molecule has 4 fully saturated rings. The average Bonchev–Trinajstić information content (AvgIpc) is 3.67. The number of rotatable bonds is 15. The van der Waals surface area contributed by atoms with Gasteiger partial charge in [0.15, 0.2) is 21.5 Å².